The molecule has 0 spiro atoms. The molecule has 0 unspecified atom stereocenters. The van der Waals surface area contributed by atoms with Crippen molar-refractivity contribution < 1.29 is 19.1 Å². The molecule has 0 bridgehead atoms. The second kappa shape index (κ2) is 9.58. The zero-order valence-electron chi connectivity index (χ0n) is 14.7. The Labute approximate surface area is 144 Å². The average molecular weight is 332 g/mol. The lowest BCUT2D eigenvalue weighted by Crippen LogP contribution is -2.41. The van der Waals surface area contributed by atoms with Crippen molar-refractivity contribution in [2.75, 3.05) is 7.11 Å². The molecule has 4 heteroatoms. The van der Waals surface area contributed by atoms with Crippen LogP contribution in [0.5, 0.6) is 0 Å². The van der Waals surface area contributed by atoms with Gasteiger partial charge >= 0.3 is 5.97 Å². The normalized spacial score (nSPS) is 23.9. The Morgan fingerprint density at radius 2 is 1.88 bits per heavy atom. The Morgan fingerprint density at radius 1 is 1.17 bits per heavy atom. The summed E-state index contributed by atoms with van der Waals surface area (Å²) in [6.07, 6.45) is 6.44. The zero-order chi connectivity index (χ0) is 17.4. The molecule has 1 fully saturated rings. The molecule has 0 aliphatic carbocycles. The van der Waals surface area contributed by atoms with Crippen molar-refractivity contribution in [3.8, 4) is 0 Å². The molecule has 0 saturated carbocycles. The van der Waals surface area contributed by atoms with Crippen LogP contribution in [-0.2, 0) is 19.1 Å². The van der Waals surface area contributed by atoms with Gasteiger partial charge in [-0.2, -0.15) is 0 Å². The standard InChI is InChI=1S/C20H28O4/c1-3-4-5-6-10-13-16-14-17(21)18(20(22)23-2)19(24-16)15-11-8-7-9-12-15/h7-9,11-12,16,18-19H,3-6,10,13-14H2,1-2H3/t16-,18-,19+/m1/s1. The number of methoxy groups -OCH3 is 1. The topological polar surface area (TPSA) is 52.6 Å². The van der Waals surface area contributed by atoms with Gasteiger partial charge in [0.1, 0.15) is 12.0 Å². The number of Topliss-reactive ketones (excluding diaryl/α,β-unsaturated/α-hetero) is 1. The van der Waals surface area contributed by atoms with Crippen LogP contribution in [0.3, 0.4) is 0 Å². The highest BCUT2D eigenvalue weighted by Gasteiger charge is 2.43. The number of rotatable bonds is 8. The molecule has 0 radical (unpaired) electrons. The summed E-state index contributed by atoms with van der Waals surface area (Å²) in [5, 5.41) is 0. The fraction of sp³-hybridized carbons (Fsp3) is 0.600. The molecule has 132 valence electrons. The number of benzene rings is 1. The van der Waals surface area contributed by atoms with E-state index in [0.717, 1.165) is 18.4 Å². The molecule has 1 heterocycles. The Bertz CT molecular complexity index is 526. The summed E-state index contributed by atoms with van der Waals surface area (Å²) in [5.74, 6) is -1.43. The highest BCUT2D eigenvalue weighted by atomic mass is 16.5. The van der Waals surface area contributed by atoms with Crippen molar-refractivity contribution in [2.24, 2.45) is 5.92 Å². The summed E-state index contributed by atoms with van der Waals surface area (Å²) in [6.45, 7) is 2.19. The summed E-state index contributed by atoms with van der Waals surface area (Å²) in [4.78, 5) is 24.6. The molecule has 1 aromatic rings. The first-order chi connectivity index (χ1) is 11.7. The van der Waals surface area contributed by atoms with Crippen LogP contribution in [0.25, 0.3) is 0 Å². The molecule has 2 rings (SSSR count). The van der Waals surface area contributed by atoms with E-state index in [1.807, 2.05) is 30.3 Å². The van der Waals surface area contributed by atoms with E-state index in [-0.39, 0.29) is 11.9 Å². The summed E-state index contributed by atoms with van der Waals surface area (Å²) in [7, 11) is 1.32. The van der Waals surface area contributed by atoms with Crippen LogP contribution in [-0.4, -0.2) is 25.0 Å². The van der Waals surface area contributed by atoms with E-state index < -0.39 is 18.0 Å². The number of ether oxygens (including phenoxy) is 2. The van der Waals surface area contributed by atoms with Gasteiger partial charge in [0.2, 0.25) is 0 Å². The van der Waals surface area contributed by atoms with E-state index in [1.165, 1.54) is 32.8 Å². The first kappa shape index (κ1) is 18.7. The van der Waals surface area contributed by atoms with Crippen LogP contribution < -0.4 is 0 Å². The molecule has 1 aromatic carbocycles. The SMILES string of the molecule is CCCCCCC[C@@H]1CC(=O)[C@@H](C(=O)OC)[C@H](c2ccccc2)O1. The lowest BCUT2D eigenvalue weighted by atomic mass is 9.85. The van der Waals surface area contributed by atoms with E-state index in [4.69, 9.17) is 9.47 Å². The van der Waals surface area contributed by atoms with Crippen molar-refractivity contribution in [2.45, 2.75) is 64.1 Å². The average Bonchev–Trinajstić information content (AvgIpc) is 2.61. The number of carbonyl (C=O) groups is 2. The Hall–Kier alpha value is -1.68. The maximum absolute atomic E-state index is 12.5. The summed E-state index contributed by atoms with van der Waals surface area (Å²) in [5.41, 5.74) is 0.858. The lowest BCUT2D eigenvalue weighted by Gasteiger charge is -2.34. The predicted octanol–water partition coefficient (Wildman–Crippen LogP) is 4.24. The fourth-order valence-electron chi connectivity index (χ4n) is 3.30. The second-order valence-electron chi connectivity index (χ2n) is 6.46. The minimum Gasteiger partial charge on any atom is -0.468 e. The van der Waals surface area contributed by atoms with Crippen molar-refractivity contribution in [3.63, 3.8) is 0 Å². The van der Waals surface area contributed by atoms with Gasteiger partial charge in [0.15, 0.2) is 5.78 Å². The quantitative estimate of drug-likeness (QED) is 0.406. The minimum atomic E-state index is -0.853. The van der Waals surface area contributed by atoms with Gasteiger partial charge in [0.25, 0.3) is 0 Å². The molecule has 24 heavy (non-hydrogen) atoms. The van der Waals surface area contributed by atoms with Gasteiger partial charge in [0.05, 0.1) is 13.2 Å². The van der Waals surface area contributed by atoms with Gasteiger partial charge in [-0.05, 0) is 12.0 Å². The van der Waals surface area contributed by atoms with Gasteiger partial charge in [-0.1, -0.05) is 69.4 Å². The molecule has 3 atom stereocenters. The molecular formula is C20H28O4. The minimum absolute atomic E-state index is 0.0690. The number of esters is 1. The van der Waals surface area contributed by atoms with E-state index in [2.05, 4.69) is 6.92 Å². The maximum Gasteiger partial charge on any atom is 0.319 e. The Kier molecular flexibility index (Phi) is 7.44. The summed E-state index contributed by atoms with van der Waals surface area (Å²) in [6, 6.07) is 9.50. The summed E-state index contributed by atoms with van der Waals surface area (Å²) < 4.78 is 11.0. The fourth-order valence-corrected chi connectivity index (χ4v) is 3.30. The van der Waals surface area contributed by atoms with Crippen LogP contribution >= 0.6 is 0 Å². The Morgan fingerprint density at radius 3 is 2.54 bits per heavy atom. The number of hydrogen-bond donors (Lipinski definition) is 0. The van der Waals surface area contributed by atoms with Crippen LogP contribution in [0.4, 0.5) is 0 Å². The van der Waals surface area contributed by atoms with Crippen LogP contribution in [0.15, 0.2) is 30.3 Å². The first-order valence-corrected chi connectivity index (χ1v) is 8.98. The third-order valence-corrected chi connectivity index (χ3v) is 4.63. The number of unbranched alkanes of at least 4 members (excludes halogenated alkanes) is 4. The number of ketones is 1. The third kappa shape index (κ3) is 4.91. The number of carbonyl (C=O) groups excluding carboxylic acids is 2. The van der Waals surface area contributed by atoms with Crippen molar-refractivity contribution in [1.82, 2.24) is 0 Å². The predicted molar refractivity (Wildman–Crippen MR) is 92.6 cm³/mol. The van der Waals surface area contributed by atoms with Crippen LogP contribution in [0, 0.1) is 5.92 Å². The van der Waals surface area contributed by atoms with E-state index in [9.17, 15) is 9.59 Å². The van der Waals surface area contributed by atoms with Crippen LogP contribution in [0.2, 0.25) is 0 Å². The molecule has 1 aliphatic rings. The highest BCUT2D eigenvalue weighted by molar-refractivity contribution is 6.00. The maximum atomic E-state index is 12.5. The van der Waals surface area contributed by atoms with Gasteiger partial charge < -0.3 is 9.47 Å². The lowest BCUT2D eigenvalue weighted by molar-refractivity contribution is -0.168. The van der Waals surface area contributed by atoms with E-state index >= 15 is 0 Å². The van der Waals surface area contributed by atoms with Gasteiger partial charge in [-0.25, -0.2) is 0 Å². The molecular weight excluding hydrogens is 304 g/mol. The van der Waals surface area contributed by atoms with Gasteiger partial charge in [-0.15, -0.1) is 0 Å². The third-order valence-electron chi connectivity index (χ3n) is 4.63. The number of hydrogen-bond acceptors (Lipinski definition) is 4. The monoisotopic (exact) mass is 332 g/mol. The van der Waals surface area contributed by atoms with Crippen molar-refractivity contribution in [3.05, 3.63) is 35.9 Å². The Balaban J connectivity index is 2.04. The summed E-state index contributed by atoms with van der Waals surface area (Å²) >= 11 is 0. The molecule has 1 aliphatic heterocycles. The molecule has 0 N–H and O–H groups in total. The van der Waals surface area contributed by atoms with Crippen LogP contribution in [0.1, 0.15) is 63.5 Å². The zero-order valence-corrected chi connectivity index (χ0v) is 14.7. The van der Waals surface area contributed by atoms with E-state index in [1.54, 1.807) is 0 Å². The molecule has 4 nitrogen and oxygen atoms in total. The van der Waals surface area contributed by atoms with Gasteiger partial charge in [0, 0.05) is 6.42 Å². The smallest absolute Gasteiger partial charge is 0.319 e. The molecule has 0 aromatic heterocycles. The van der Waals surface area contributed by atoms with Crippen molar-refractivity contribution >= 4 is 11.8 Å². The molecule has 1 saturated heterocycles. The second-order valence-corrected chi connectivity index (χ2v) is 6.46. The van der Waals surface area contributed by atoms with Gasteiger partial charge in [-0.3, -0.25) is 9.59 Å². The first-order valence-electron chi connectivity index (χ1n) is 8.98. The van der Waals surface area contributed by atoms with E-state index in [0.29, 0.717) is 6.42 Å². The highest BCUT2D eigenvalue weighted by Crippen LogP contribution is 2.36. The van der Waals surface area contributed by atoms with Crippen molar-refractivity contribution in [1.29, 1.82) is 0 Å². The molecule has 0 amide bonds. The largest absolute Gasteiger partial charge is 0.468 e.